The van der Waals surface area contributed by atoms with Crippen molar-refractivity contribution in [2.75, 3.05) is 7.11 Å². The summed E-state index contributed by atoms with van der Waals surface area (Å²) in [5.74, 6) is -0.486. The molecule has 0 atom stereocenters. The van der Waals surface area contributed by atoms with Crippen LogP contribution in [0.1, 0.15) is 10.5 Å². The minimum Gasteiger partial charge on any atom is -0.464 e. The predicted molar refractivity (Wildman–Crippen MR) is 66.7 cm³/mol. The number of pyridine rings is 1. The van der Waals surface area contributed by atoms with Crippen LogP contribution in [-0.4, -0.2) is 23.0 Å². The van der Waals surface area contributed by atoms with Crippen molar-refractivity contribution >= 4 is 40.5 Å². The van der Waals surface area contributed by atoms with Gasteiger partial charge in [0.1, 0.15) is 15.9 Å². The molecule has 0 saturated carbocycles. The van der Waals surface area contributed by atoms with Crippen molar-refractivity contribution in [2.45, 2.75) is 0 Å². The first-order chi connectivity index (χ1) is 8.10. The van der Waals surface area contributed by atoms with Crippen LogP contribution in [0, 0.1) is 0 Å². The second kappa shape index (κ2) is 5.00. The van der Waals surface area contributed by atoms with Gasteiger partial charge in [0.2, 0.25) is 0 Å². The van der Waals surface area contributed by atoms with Crippen LogP contribution in [0.3, 0.4) is 0 Å². The third-order valence-corrected chi connectivity index (χ3v) is 3.15. The average Bonchev–Trinajstić information content (AvgIpc) is 2.76. The summed E-state index contributed by atoms with van der Waals surface area (Å²) in [6.45, 7) is 0. The monoisotopic (exact) mass is 288 g/mol. The van der Waals surface area contributed by atoms with Gasteiger partial charge in [-0.15, -0.1) is 11.3 Å². The molecule has 17 heavy (non-hydrogen) atoms. The zero-order chi connectivity index (χ0) is 12.4. The quantitative estimate of drug-likeness (QED) is 0.628. The standard InChI is InChI=1S/C10H6Cl2N2O2S/c1-16-10(15)7-4-17-9(14-7)6-2-5(11)3-8(12)13-6/h2-4H,1H3. The van der Waals surface area contributed by atoms with E-state index in [9.17, 15) is 4.79 Å². The second-order valence-electron chi connectivity index (χ2n) is 3.02. The molecule has 0 aliphatic heterocycles. The Labute approximate surface area is 111 Å². The van der Waals surface area contributed by atoms with E-state index >= 15 is 0 Å². The van der Waals surface area contributed by atoms with Crippen molar-refractivity contribution in [3.8, 4) is 10.7 Å². The van der Waals surface area contributed by atoms with Crippen LogP contribution in [0.25, 0.3) is 10.7 Å². The Morgan fingerprint density at radius 1 is 1.35 bits per heavy atom. The van der Waals surface area contributed by atoms with Crippen molar-refractivity contribution < 1.29 is 9.53 Å². The second-order valence-corrected chi connectivity index (χ2v) is 4.70. The Kier molecular flexibility index (Phi) is 3.61. The molecule has 7 heteroatoms. The third kappa shape index (κ3) is 2.74. The fraction of sp³-hybridized carbons (Fsp3) is 0.100. The molecule has 0 aliphatic carbocycles. The molecule has 0 N–H and O–H groups in total. The third-order valence-electron chi connectivity index (χ3n) is 1.88. The number of hydrogen-bond acceptors (Lipinski definition) is 5. The maximum Gasteiger partial charge on any atom is 0.357 e. The van der Waals surface area contributed by atoms with Crippen LogP contribution in [0.5, 0.6) is 0 Å². The van der Waals surface area contributed by atoms with E-state index in [-0.39, 0.29) is 10.8 Å². The topological polar surface area (TPSA) is 52.1 Å². The number of carbonyl (C=O) groups is 1. The van der Waals surface area contributed by atoms with Gasteiger partial charge >= 0.3 is 5.97 Å². The SMILES string of the molecule is COC(=O)c1csc(-c2cc(Cl)cc(Cl)n2)n1. The first kappa shape index (κ1) is 12.3. The van der Waals surface area contributed by atoms with Gasteiger partial charge in [-0.05, 0) is 12.1 Å². The van der Waals surface area contributed by atoms with Crippen molar-refractivity contribution in [3.63, 3.8) is 0 Å². The van der Waals surface area contributed by atoms with E-state index in [0.29, 0.717) is 15.7 Å². The lowest BCUT2D eigenvalue weighted by atomic mass is 10.3. The smallest absolute Gasteiger partial charge is 0.357 e. The Morgan fingerprint density at radius 2 is 2.12 bits per heavy atom. The average molecular weight is 289 g/mol. The number of hydrogen-bond donors (Lipinski definition) is 0. The minimum absolute atomic E-state index is 0.241. The maximum atomic E-state index is 11.2. The molecular formula is C10H6Cl2N2O2S. The molecule has 4 nitrogen and oxygen atoms in total. The maximum absolute atomic E-state index is 11.2. The summed E-state index contributed by atoms with van der Waals surface area (Å²) in [5.41, 5.74) is 0.771. The van der Waals surface area contributed by atoms with Gasteiger partial charge in [-0.2, -0.15) is 0 Å². The number of nitrogens with zero attached hydrogens (tertiary/aromatic N) is 2. The Hall–Kier alpha value is -1.17. The molecule has 2 aromatic heterocycles. The van der Waals surface area contributed by atoms with Crippen molar-refractivity contribution in [1.82, 2.24) is 9.97 Å². The number of rotatable bonds is 2. The molecule has 0 spiro atoms. The van der Waals surface area contributed by atoms with E-state index in [0.717, 1.165) is 0 Å². The van der Waals surface area contributed by atoms with Crippen LogP contribution in [0.2, 0.25) is 10.2 Å². The largest absolute Gasteiger partial charge is 0.464 e. The molecule has 2 heterocycles. The highest BCUT2D eigenvalue weighted by Crippen LogP contribution is 2.26. The summed E-state index contributed by atoms with van der Waals surface area (Å²) < 4.78 is 4.57. The van der Waals surface area contributed by atoms with E-state index in [1.807, 2.05) is 0 Å². The van der Waals surface area contributed by atoms with E-state index in [1.54, 1.807) is 11.4 Å². The van der Waals surface area contributed by atoms with Crippen molar-refractivity contribution in [3.05, 3.63) is 33.4 Å². The van der Waals surface area contributed by atoms with Crippen LogP contribution >= 0.6 is 34.5 Å². The predicted octanol–water partition coefficient (Wildman–Crippen LogP) is 3.30. The highest BCUT2D eigenvalue weighted by molar-refractivity contribution is 7.13. The van der Waals surface area contributed by atoms with E-state index in [2.05, 4.69) is 14.7 Å². The van der Waals surface area contributed by atoms with Crippen LogP contribution in [-0.2, 0) is 4.74 Å². The highest BCUT2D eigenvalue weighted by atomic mass is 35.5. The Morgan fingerprint density at radius 3 is 2.76 bits per heavy atom. The number of ether oxygens (including phenoxy) is 1. The molecule has 0 aliphatic rings. The molecule has 2 rings (SSSR count). The number of halogens is 2. The summed E-state index contributed by atoms with van der Waals surface area (Å²) in [6.07, 6.45) is 0. The number of thiazole rings is 1. The molecule has 2 aromatic rings. The first-order valence-corrected chi connectivity index (χ1v) is 6.11. The Bertz CT molecular complexity index is 551. The van der Waals surface area contributed by atoms with Gasteiger partial charge in [-0.3, -0.25) is 0 Å². The van der Waals surface area contributed by atoms with Crippen molar-refractivity contribution in [2.24, 2.45) is 0 Å². The van der Waals surface area contributed by atoms with Gasteiger partial charge in [-0.1, -0.05) is 23.2 Å². The molecule has 0 unspecified atom stereocenters. The molecule has 0 amide bonds. The van der Waals surface area contributed by atoms with E-state index < -0.39 is 5.97 Å². The van der Waals surface area contributed by atoms with Gasteiger partial charge in [0.05, 0.1) is 7.11 Å². The van der Waals surface area contributed by atoms with E-state index in [4.69, 9.17) is 23.2 Å². The lowest BCUT2D eigenvalue weighted by molar-refractivity contribution is 0.0595. The van der Waals surface area contributed by atoms with E-state index in [1.165, 1.54) is 24.5 Å². The fourth-order valence-corrected chi connectivity index (χ4v) is 2.38. The lowest BCUT2D eigenvalue weighted by Crippen LogP contribution is -2.01. The molecule has 0 saturated heterocycles. The number of carbonyl (C=O) groups excluding carboxylic acids is 1. The molecule has 0 radical (unpaired) electrons. The minimum atomic E-state index is -0.486. The summed E-state index contributed by atoms with van der Waals surface area (Å²) in [4.78, 5) is 19.4. The number of aromatic nitrogens is 2. The highest BCUT2D eigenvalue weighted by Gasteiger charge is 2.13. The van der Waals surface area contributed by atoms with Gasteiger partial charge in [0, 0.05) is 10.4 Å². The summed E-state index contributed by atoms with van der Waals surface area (Å²) >= 11 is 12.9. The normalized spacial score (nSPS) is 10.3. The van der Waals surface area contributed by atoms with Crippen LogP contribution in [0.4, 0.5) is 0 Å². The lowest BCUT2D eigenvalue weighted by Gasteiger charge is -1.97. The summed E-state index contributed by atoms with van der Waals surface area (Å²) in [6, 6.07) is 3.16. The molecule has 0 bridgehead atoms. The molecule has 0 fully saturated rings. The fourth-order valence-electron chi connectivity index (χ4n) is 1.16. The van der Waals surface area contributed by atoms with Crippen molar-refractivity contribution in [1.29, 1.82) is 0 Å². The Balaban J connectivity index is 2.40. The zero-order valence-electron chi connectivity index (χ0n) is 8.61. The van der Waals surface area contributed by atoms with Gasteiger partial charge in [0.25, 0.3) is 0 Å². The zero-order valence-corrected chi connectivity index (χ0v) is 10.9. The summed E-state index contributed by atoms with van der Waals surface area (Å²) in [7, 11) is 1.30. The number of methoxy groups -OCH3 is 1. The molecule has 88 valence electrons. The molecular weight excluding hydrogens is 283 g/mol. The number of esters is 1. The summed E-state index contributed by atoms with van der Waals surface area (Å²) in [5, 5.41) is 2.91. The van der Waals surface area contributed by atoms with Crippen LogP contribution in [0.15, 0.2) is 17.5 Å². The van der Waals surface area contributed by atoms with Crippen LogP contribution < -0.4 is 0 Å². The molecule has 0 aromatic carbocycles. The van der Waals surface area contributed by atoms with Gasteiger partial charge < -0.3 is 4.74 Å². The van der Waals surface area contributed by atoms with Gasteiger partial charge in [-0.25, -0.2) is 14.8 Å². The first-order valence-electron chi connectivity index (χ1n) is 4.47. The van der Waals surface area contributed by atoms with Gasteiger partial charge in [0.15, 0.2) is 5.69 Å².